The maximum atomic E-state index is 11.4. The van der Waals surface area contributed by atoms with Crippen molar-refractivity contribution < 1.29 is 5.11 Å². The van der Waals surface area contributed by atoms with E-state index in [9.17, 15) is 5.11 Å². The monoisotopic (exact) mass is 377 g/mol. The van der Waals surface area contributed by atoms with Crippen LogP contribution in [0, 0.1) is 5.92 Å². The summed E-state index contributed by atoms with van der Waals surface area (Å²) in [5.41, 5.74) is 1.61. The van der Waals surface area contributed by atoms with Crippen molar-refractivity contribution >= 4 is 23.2 Å². The third-order valence-corrected chi connectivity index (χ3v) is 5.97. The fourth-order valence-corrected chi connectivity index (χ4v) is 4.25. The van der Waals surface area contributed by atoms with Crippen molar-refractivity contribution in [3.63, 3.8) is 0 Å². The number of hydrogen-bond donors (Lipinski definition) is 2. The number of piperidine rings is 1. The minimum Gasteiger partial charge on any atom is -0.389 e. The quantitative estimate of drug-likeness (QED) is 0.690. The van der Waals surface area contributed by atoms with Crippen molar-refractivity contribution in [3.8, 4) is 0 Å². The molecule has 0 bridgehead atoms. The Hall–Kier alpha value is -1.06. The molecule has 1 aliphatic rings. The number of benzene rings is 2. The van der Waals surface area contributed by atoms with Gasteiger partial charge in [-0.3, -0.25) is 0 Å². The van der Waals surface area contributed by atoms with Gasteiger partial charge in [0.1, 0.15) is 0 Å². The zero-order valence-electron chi connectivity index (χ0n) is 14.7. The summed E-state index contributed by atoms with van der Waals surface area (Å²) in [6.07, 6.45) is 2.46. The van der Waals surface area contributed by atoms with Gasteiger partial charge in [-0.05, 0) is 48.2 Å². The standard InChI is InChI=1S/C21H25Cl2NO/c1-3-12-21(25)13-19(15-4-8-17(22)9-5-15)24-20(14(21)2)16-6-10-18(23)11-7-16/h4-11,14,19-20,24-25H,3,12-13H2,1-2H3/t14-,19-,20-,21-/m0/s1. The normalized spacial score (nSPS) is 29.6. The van der Waals surface area contributed by atoms with Crippen LogP contribution in [0.3, 0.4) is 0 Å². The summed E-state index contributed by atoms with van der Waals surface area (Å²) in [6.45, 7) is 4.27. The average Bonchev–Trinajstić information content (AvgIpc) is 2.59. The lowest BCUT2D eigenvalue weighted by Gasteiger charge is -2.48. The molecule has 1 aliphatic heterocycles. The topological polar surface area (TPSA) is 32.3 Å². The molecule has 0 radical (unpaired) electrons. The summed E-state index contributed by atoms with van der Waals surface area (Å²) in [5.74, 6) is 0.108. The minimum atomic E-state index is -0.700. The van der Waals surface area contributed by atoms with Crippen LogP contribution in [-0.4, -0.2) is 10.7 Å². The Morgan fingerprint density at radius 3 is 2.04 bits per heavy atom. The van der Waals surface area contributed by atoms with E-state index in [4.69, 9.17) is 23.2 Å². The van der Waals surface area contributed by atoms with Gasteiger partial charge < -0.3 is 10.4 Å². The molecule has 4 heteroatoms. The Morgan fingerprint density at radius 2 is 1.52 bits per heavy atom. The van der Waals surface area contributed by atoms with Gasteiger partial charge in [0.2, 0.25) is 0 Å². The predicted octanol–water partition coefficient (Wildman–Crippen LogP) is 5.94. The van der Waals surface area contributed by atoms with Crippen LogP contribution < -0.4 is 5.32 Å². The van der Waals surface area contributed by atoms with E-state index in [1.807, 2.05) is 48.5 Å². The molecule has 1 heterocycles. The number of halogens is 2. The second-order valence-corrected chi connectivity index (χ2v) is 8.02. The molecule has 2 aromatic rings. The highest BCUT2D eigenvalue weighted by molar-refractivity contribution is 6.30. The zero-order valence-corrected chi connectivity index (χ0v) is 16.2. The van der Waals surface area contributed by atoms with Gasteiger partial charge in [0.05, 0.1) is 5.60 Å². The fourth-order valence-electron chi connectivity index (χ4n) is 4.00. The van der Waals surface area contributed by atoms with Gasteiger partial charge in [0, 0.05) is 28.0 Å². The van der Waals surface area contributed by atoms with Crippen molar-refractivity contribution in [2.45, 2.75) is 50.8 Å². The molecule has 2 aromatic carbocycles. The summed E-state index contributed by atoms with van der Waals surface area (Å²) >= 11 is 12.1. The van der Waals surface area contributed by atoms with Crippen LogP contribution in [0.25, 0.3) is 0 Å². The van der Waals surface area contributed by atoms with E-state index in [1.165, 1.54) is 0 Å². The van der Waals surface area contributed by atoms with Crippen molar-refractivity contribution in [1.29, 1.82) is 0 Å². The average molecular weight is 378 g/mol. The van der Waals surface area contributed by atoms with E-state index in [0.29, 0.717) is 6.42 Å². The first kappa shape index (κ1) is 18.7. The summed E-state index contributed by atoms with van der Waals surface area (Å²) < 4.78 is 0. The van der Waals surface area contributed by atoms with E-state index in [1.54, 1.807) is 0 Å². The highest BCUT2D eigenvalue weighted by Gasteiger charge is 2.45. The highest BCUT2D eigenvalue weighted by atomic mass is 35.5. The molecule has 0 saturated carbocycles. The van der Waals surface area contributed by atoms with Crippen LogP contribution in [0.2, 0.25) is 10.0 Å². The first-order chi connectivity index (χ1) is 11.9. The first-order valence-corrected chi connectivity index (χ1v) is 9.68. The third-order valence-electron chi connectivity index (χ3n) is 5.47. The van der Waals surface area contributed by atoms with E-state index < -0.39 is 5.60 Å². The SMILES string of the molecule is CCC[C@]1(O)C[C@@H](c2ccc(Cl)cc2)N[C@H](c2ccc(Cl)cc2)[C@@H]1C. The van der Waals surface area contributed by atoms with Crippen molar-refractivity contribution in [1.82, 2.24) is 5.32 Å². The Labute approximate surface area is 160 Å². The largest absolute Gasteiger partial charge is 0.389 e. The number of rotatable bonds is 4. The lowest BCUT2D eigenvalue weighted by Crippen LogP contribution is -2.52. The highest BCUT2D eigenvalue weighted by Crippen LogP contribution is 2.45. The van der Waals surface area contributed by atoms with Gasteiger partial charge in [-0.2, -0.15) is 0 Å². The molecule has 0 spiro atoms. The molecule has 1 fully saturated rings. The Morgan fingerprint density at radius 1 is 1.00 bits per heavy atom. The Bertz CT molecular complexity index is 701. The first-order valence-electron chi connectivity index (χ1n) is 8.92. The van der Waals surface area contributed by atoms with Crippen molar-refractivity contribution in [3.05, 3.63) is 69.7 Å². The molecule has 2 nitrogen and oxygen atoms in total. The molecule has 0 amide bonds. The van der Waals surface area contributed by atoms with Crippen LogP contribution in [0.4, 0.5) is 0 Å². The summed E-state index contributed by atoms with van der Waals surface area (Å²) in [7, 11) is 0. The number of aliphatic hydroxyl groups is 1. The molecule has 3 rings (SSSR count). The zero-order chi connectivity index (χ0) is 18.0. The third kappa shape index (κ3) is 4.03. The van der Waals surface area contributed by atoms with Crippen LogP contribution in [-0.2, 0) is 0 Å². The number of hydrogen-bond acceptors (Lipinski definition) is 2. The van der Waals surface area contributed by atoms with Gasteiger partial charge in [0.25, 0.3) is 0 Å². The summed E-state index contributed by atoms with van der Waals surface area (Å²) in [5, 5.41) is 16.6. The van der Waals surface area contributed by atoms with Gasteiger partial charge in [-0.1, -0.05) is 67.7 Å². The second kappa shape index (κ2) is 7.67. The molecular formula is C21H25Cl2NO. The van der Waals surface area contributed by atoms with Gasteiger partial charge in [-0.25, -0.2) is 0 Å². The van der Waals surface area contributed by atoms with Crippen LogP contribution in [0.5, 0.6) is 0 Å². The fraction of sp³-hybridized carbons (Fsp3) is 0.429. The molecule has 0 aliphatic carbocycles. The van der Waals surface area contributed by atoms with Crippen LogP contribution in [0.15, 0.2) is 48.5 Å². The summed E-state index contributed by atoms with van der Waals surface area (Å²) in [6, 6.07) is 16.0. The second-order valence-electron chi connectivity index (χ2n) is 7.15. The maximum Gasteiger partial charge on any atom is 0.0709 e. The van der Waals surface area contributed by atoms with Gasteiger partial charge in [0.15, 0.2) is 0 Å². The molecule has 0 unspecified atom stereocenters. The van der Waals surface area contributed by atoms with E-state index in [2.05, 4.69) is 19.2 Å². The molecule has 0 aromatic heterocycles. The molecule has 25 heavy (non-hydrogen) atoms. The van der Waals surface area contributed by atoms with E-state index >= 15 is 0 Å². The summed E-state index contributed by atoms with van der Waals surface area (Å²) in [4.78, 5) is 0. The maximum absolute atomic E-state index is 11.4. The van der Waals surface area contributed by atoms with E-state index in [-0.39, 0.29) is 18.0 Å². The molecule has 4 atom stereocenters. The van der Waals surface area contributed by atoms with Crippen LogP contribution in [0.1, 0.15) is 56.3 Å². The smallest absolute Gasteiger partial charge is 0.0709 e. The minimum absolute atomic E-state index is 0.0724. The Kier molecular flexibility index (Phi) is 5.75. The number of nitrogens with one attached hydrogen (secondary N) is 1. The van der Waals surface area contributed by atoms with E-state index in [0.717, 1.165) is 34.0 Å². The predicted molar refractivity (Wildman–Crippen MR) is 105 cm³/mol. The molecule has 134 valence electrons. The van der Waals surface area contributed by atoms with Gasteiger partial charge in [-0.15, -0.1) is 0 Å². The molecule has 2 N–H and O–H groups in total. The van der Waals surface area contributed by atoms with Gasteiger partial charge >= 0.3 is 0 Å². The Balaban J connectivity index is 1.95. The van der Waals surface area contributed by atoms with Crippen LogP contribution >= 0.6 is 23.2 Å². The van der Waals surface area contributed by atoms with Crippen molar-refractivity contribution in [2.75, 3.05) is 0 Å². The molecule has 1 saturated heterocycles. The molecular weight excluding hydrogens is 353 g/mol. The lowest BCUT2D eigenvalue weighted by molar-refractivity contribution is -0.0743. The van der Waals surface area contributed by atoms with Crippen molar-refractivity contribution in [2.24, 2.45) is 5.92 Å². The lowest BCUT2D eigenvalue weighted by atomic mass is 9.70.